The van der Waals surface area contributed by atoms with Crippen molar-refractivity contribution in [2.24, 2.45) is 5.92 Å². The molecule has 0 saturated heterocycles. The number of hydrogen-bond acceptors (Lipinski definition) is 3. The van der Waals surface area contributed by atoms with Crippen molar-refractivity contribution < 1.29 is 8.78 Å². The predicted octanol–water partition coefficient (Wildman–Crippen LogP) is 3.61. The second kappa shape index (κ2) is 5.38. The molecule has 1 heterocycles. The average Bonchev–Trinajstić information content (AvgIpc) is 2.49. The van der Waals surface area contributed by atoms with Crippen molar-refractivity contribution in [2.75, 3.05) is 5.73 Å². The van der Waals surface area contributed by atoms with Crippen molar-refractivity contribution in [3.8, 4) is 17.2 Å². The summed E-state index contributed by atoms with van der Waals surface area (Å²) < 4.78 is 27.8. The molecule has 1 aromatic heterocycles. The molecule has 1 aliphatic rings. The molecule has 1 aliphatic carbocycles. The molecule has 0 fully saturated rings. The van der Waals surface area contributed by atoms with Crippen LogP contribution in [0.25, 0.3) is 11.1 Å². The fraction of sp³-hybridized carbons (Fsp3) is 0.294. The summed E-state index contributed by atoms with van der Waals surface area (Å²) in [5.41, 5.74) is 8.06. The second-order valence-corrected chi connectivity index (χ2v) is 5.76. The number of nitrogen functional groups attached to an aromatic ring is 1. The van der Waals surface area contributed by atoms with E-state index in [4.69, 9.17) is 5.73 Å². The highest BCUT2D eigenvalue weighted by molar-refractivity contribution is 5.79. The number of aromatic nitrogens is 1. The summed E-state index contributed by atoms with van der Waals surface area (Å²) >= 11 is 0. The minimum atomic E-state index is -0.566. The Bertz CT molecular complexity index is 793. The summed E-state index contributed by atoms with van der Waals surface area (Å²) in [7, 11) is 0. The number of anilines is 1. The van der Waals surface area contributed by atoms with Gasteiger partial charge in [0, 0.05) is 16.8 Å². The van der Waals surface area contributed by atoms with Crippen LogP contribution < -0.4 is 5.73 Å². The van der Waals surface area contributed by atoms with Crippen molar-refractivity contribution in [3.63, 3.8) is 0 Å². The van der Waals surface area contributed by atoms with Gasteiger partial charge in [0.25, 0.3) is 0 Å². The molecule has 0 aliphatic heterocycles. The van der Waals surface area contributed by atoms with Crippen LogP contribution in [0, 0.1) is 28.9 Å². The fourth-order valence-corrected chi connectivity index (χ4v) is 3.05. The lowest BCUT2D eigenvalue weighted by Crippen LogP contribution is -2.17. The standard InChI is InChI=1S/C17H15F2N3/c1-9-2-5-15-12(6-9)16(13(8-20)17(21)22-15)11-7-10(18)3-4-14(11)19/h3-4,7,9H,2,5-6H2,1H3,(H2,21,22). The van der Waals surface area contributed by atoms with Crippen LogP contribution in [0.15, 0.2) is 18.2 Å². The van der Waals surface area contributed by atoms with Gasteiger partial charge in [-0.2, -0.15) is 5.26 Å². The molecule has 0 bridgehead atoms. The van der Waals surface area contributed by atoms with Crippen LogP contribution in [0.1, 0.15) is 30.2 Å². The number of rotatable bonds is 1. The van der Waals surface area contributed by atoms with Crippen LogP contribution >= 0.6 is 0 Å². The van der Waals surface area contributed by atoms with Crippen LogP contribution in [0.3, 0.4) is 0 Å². The van der Waals surface area contributed by atoms with E-state index in [1.165, 1.54) is 0 Å². The van der Waals surface area contributed by atoms with Gasteiger partial charge in [0.15, 0.2) is 0 Å². The summed E-state index contributed by atoms with van der Waals surface area (Å²) in [6.07, 6.45) is 2.38. The Morgan fingerprint density at radius 3 is 2.86 bits per heavy atom. The molecule has 1 aromatic carbocycles. The number of benzene rings is 1. The topological polar surface area (TPSA) is 62.7 Å². The Balaban J connectivity index is 2.36. The Kier molecular flexibility index (Phi) is 3.53. The van der Waals surface area contributed by atoms with Gasteiger partial charge >= 0.3 is 0 Å². The first kappa shape index (κ1) is 14.5. The van der Waals surface area contributed by atoms with Gasteiger partial charge in [-0.1, -0.05) is 6.92 Å². The van der Waals surface area contributed by atoms with Gasteiger partial charge < -0.3 is 5.73 Å². The molecule has 0 saturated carbocycles. The molecule has 1 atom stereocenters. The van der Waals surface area contributed by atoms with E-state index in [-0.39, 0.29) is 16.9 Å². The highest BCUT2D eigenvalue weighted by Gasteiger charge is 2.26. The maximum Gasteiger partial charge on any atom is 0.142 e. The fourth-order valence-electron chi connectivity index (χ4n) is 3.05. The SMILES string of the molecule is CC1CCc2nc(N)c(C#N)c(-c3cc(F)ccc3F)c2C1. The van der Waals surface area contributed by atoms with E-state index in [0.717, 1.165) is 42.3 Å². The van der Waals surface area contributed by atoms with Gasteiger partial charge in [-0.3, -0.25) is 0 Å². The van der Waals surface area contributed by atoms with Gasteiger partial charge in [-0.25, -0.2) is 13.8 Å². The quantitative estimate of drug-likeness (QED) is 0.875. The molecule has 3 rings (SSSR count). The van der Waals surface area contributed by atoms with E-state index < -0.39 is 11.6 Å². The minimum absolute atomic E-state index is 0.0782. The normalized spacial score (nSPS) is 16.9. The molecule has 0 radical (unpaired) electrons. The monoisotopic (exact) mass is 299 g/mol. The Morgan fingerprint density at radius 2 is 2.14 bits per heavy atom. The molecule has 3 nitrogen and oxygen atoms in total. The van der Waals surface area contributed by atoms with E-state index in [9.17, 15) is 14.0 Å². The van der Waals surface area contributed by atoms with Gasteiger partial charge in [0.2, 0.25) is 0 Å². The number of halogens is 2. The molecule has 112 valence electrons. The number of nitrogens with zero attached hydrogens (tertiary/aromatic N) is 2. The van der Waals surface area contributed by atoms with Crippen LogP contribution in [0.5, 0.6) is 0 Å². The molecule has 5 heteroatoms. The van der Waals surface area contributed by atoms with Crippen molar-refractivity contribution >= 4 is 5.82 Å². The Hall–Kier alpha value is -2.48. The van der Waals surface area contributed by atoms with E-state index in [1.54, 1.807) is 0 Å². The number of pyridine rings is 1. The summed E-state index contributed by atoms with van der Waals surface area (Å²) in [5, 5.41) is 9.40. The molecule has 1 unspecified atom stereocenters. The van der Waals surface area contributed by atoms with E-state index in [1.807, 2.05) is 6.07 Å². The Labute approximate surface area is 127 Å². The molecular weight excluding hydrogens is 284 g/mol. The lowest BCUT2D eigenvalue weighted by atomic mass is 9.82. The van der Waals surface area contributed by atoms with Crippen molar-refractivity contribution in [1.29, 1.82) is 5.26 Å². The summed E-state index contributed by atoms with van der Waals surface area (Å²) in [4.78, 5) is 4.30. The first-order valence-electron chi connectivity index (χ1n) is 7.18. The minimum Gasteiger partial charge on any atom is -0.383 e. The zero-order valence-corrected chi connectivity index (χ0v) is 12.2. The number of aryl methyl sites for hydroxylation is 1. The first-order chi connectivity index (χ1) is 10.5. The smallest absolute Gasteiger partial charge is 0.142 e. The van der Waals surface area contributed by atoms with Crippen LogP contribution in [0.4, 0.5) is 14.6 Å². The van der Waals surface area contributed by atoms with E-state index in [2.05, 4.69) is 11.9 Å². The van der Waals surface area contributed by atoms with Gasteiger partial charge in [-0.05, 0) is 48.9 Å². The zero-order valence-electron chi connectivity index (χ0n) is 12.2. The van der Waals surface area contributed by atoms with Crippen molar-refractivity contribution in [1.82, 2.24) is 4.98 Å². The predicted molar refractivity (Wildman–Crippen MR) is 79.9 cm³/mol. The molecule has 0 spiro atoms. The van der Waals surface area contributed by atoms with E-state index >= 15 is 0 Å². The van der Waals surface area contributed by atoms with Crippen LogP contribution in [0.2, 0.25) is 0 Å². The van der Waals surface area contributed by atoms with Crippen LogP contribution in [-0.2, 0) is 12.8 Å². The lowest BCUT2D eigenvalue weighted by molar-refractivity contribution is 0.495. The van der Waals surface area contributed by atoms with Gasteiger partial charge in [-0.15, -0.1) is 0 Å². The van der Waals surface area contributed by atoms with Gasteiger partial charge in [0.05, 0.1) is 0 Å². The summed E-state index contributed by atoms with van der Waals surface area (Å²) in [6.45, 7) is 2.09. The summed E-state index contributed by atoms with van der Waals surface area (Å²) in [5.74, 6) is -0.633. The maximum atomic E-state index is 14.2. The summed E-state index contributed by atoms with van der Waals surface area (Å²) in [6, 6.07) is 5.24. The third kappa shape index (κ3) is 2.31. The van der Waals surface area contributed by atoms with Crippen LogP contribution in [-0.4, -0.2) is 4.98 Å². The number of fused-ring (bicyclic) bond motifs is 1. The highest BCUT2D eigenvalue weighted by Crippen LogP contribution is 2.38. The molecule has 2 aromatic rings. The number of hydrogen-bond donors (Lipinski definition) is 1. The molecule has 22 heavy (non-hydrogen) atoms. The third-order valence-corrected chi connectivity index (χ3v) is 4.15. The Morgan fingerprint density at radius 1 is 1.36 bits per heavy atom. The lowest BCUT2D eigenvalue weighted by Gasteiger charge is -2.25. The van der Waals surface area contributed by atoms with Crippen molar-refractivity contribution in [3.05, 3.63) is 46.7 Å². The van der Waals surface area contributed by atoms with Gasteiger partial charge in [0.1, 0.15) is 29.1 Å². The van der Waals surface area contributed by atoms with Crippen molar-refractivity contribution in [2.45, 2.75) is 26.2 Å². The zero-order chi connectivity index (χ0) is 15.9. The van der Waals surface area contributed by atoms with E-state index in [0.29, 0.717) is 17.9 Å². The second-order valence-electron chi connectivity index (χ2n) is 5.76. The number of nitrogens with two attached hydrogens (primary N) is 1. The molecule has 0 amide bonds. The largest absolute Gasteiger partial charge is 0.383 e. The third-order valence-electron chi connectivity index (χ3n) is 4.15. The average molecular weight is 299 g/mol. The first-order valence-corrected chi connectivity index (χ1v) is 7.18. The number of nitriles is 1. The molecular formula is C17H15F2N3. The highest BCUT2D eigenvalue weighted by atomic mass is 19.1. The molecule has 2 N–H and O–H groups in total. The maximum absolute atomic E-state index is 14.2.